The van der Waals surface area contributed by atoms with Gasteiger partial charge in [0.15, 0.2) is 0 Å². The fraction of sp³-hybridized carbons (Fsp3) is 0.0769. The number of fused-ring (bicyclic) bond motifs is 3. The van der Waals surface area contributed by atoms with Gasteiger partial charge in [-0.05, 0) is 94.8 Å². The summed E-state index contributed by atoms with van der Waals surface area (Å²) in [5.74, 6) is -0.813. The largest absolute Gasteiger partial charge is 0.305 e. The summed E-state index contributed by atoms with van der Waals surface area (Å²) in [7, 11) is 0. The van der Waals surface area contributed by atoms with E-state index >= 15 is 8.78 Å². The van der Waals surface area contributed by atoms with Crippen LogP contribution in [0.25, 0.3) is 11.1 Å². The van der Waals surface area contributed by atoms with Crippen LogP contribution in [0.1, 0.15) is 33.4 Å². The van der Waals surface area contributed by atoms with E-state index < -0.39 is 17.0 Å². The van der Waals surface area contributed by atoms with Gasteiger partial charge < -0.3 is 4.90 Å². The molecule has 1 nitrogen and oxygen atoms in total. The SMILES string of the molecule is Cc1ccc(N(c2ccc3c(c2)C(c2ccccc2)(c2ccccc2)c2ccccc2-3)c2ccc(C)cc2F)c(F)c1. The van der Waals surface area contributed by atoms with Crippen LogP contribution < -0.4 is 4.90 Å². The Hall–Kier alpha value is -5.02. The summed E-state index contributed by atoms with van der Waals surface area (Å²) < 4.78 is 31.4. The van der Waals surface area contributed by atoms with E-state index in [9.17, 15) is 0 Å². The third-order valence-electron chi connectivity index (χ3n) is 8.39. The van der Waals surface area contributed by atoms with Gasteiger partial charge in [-0.15, -0.1) is 0 Å². The van der Waals surface area contributed by atoms with Gasteiger partial charge in [-0.2, -0.15) is 0 Å². The van der Waals surface area contributed by atoms with Crippen LogP contribution in [0.15, 0.2) is 140 Å². The summed E-state index contributed by atoms with van der Waals surface area (Å²) in [6, 6.07) is 45.9. The Morgan fingerprint density at radius 2 is 0.976 bits per heavy atom. The van der Waals surface area contributed by atoms with Crippen LogP contribution in [-0.2, 0) is 5.41 Å². The van der Waals surface area contributed by atoms with E-state index in [-0.39, 0.29) is 0 Å². The maximum absolute atomic E-state index is 15.7. The molecule has 7 rings (SSSR count). The Bertz CT molecular complexity index is 1840. The van der Waals surface area contributed by atoms with Crippen molar-refractivity contribution < 1.29 is 8.78 Å². The standard InChI is InChI=1S/C39H29F2N/c1-26-17-21-37(35(40)23-26)42(38-22-18-27(2)24-36(38)41)30-19-20-32-31-15-9-10-16-33(31)39(34(32)25-30,28-11-5-3-6-12-28)29-13-7-4-8-14-29/h3-25H,1-2H3. The van der Waals surface area contributed by atoms with Crippen LogP contribution >= 0.6 is 0 Å². The highest BCUT2D eigenvalue weighted by Gasteiger charge is 2.46. The average molecular weight is 550 g/mol. The molecule has 3 heteroatoms. The molecule has 0 radical (unpaired) electrons. The highest BCUT2D eigenvalue weighted by atomic mass is 19.1. The molecule has 0 atom stereocenters. The maximum atomic E-state index is 15.7. The summed E-state index contributed by atoms with van der Waals surface area (Å²) in [5.41, 5.74) is 9.05. The van der Waals surface area contributed by atoms with Crippen LogP contribution in [0.3, 0.4) is 0 Å². The smallest absolute Gasteiger partial charge is 0.147 e. The van der Waals surface area contributed by atoms with Gasteiger partial charge in [0.1, 0.15) is 11.6 Å². The van der Waals surface area contributed by atoms with Crippen molar-refractivity contribution in [2.75, 3.05) is 4.90 Å². The molecule has 0 N–H and O–H groups in total. The Labute approximate surface area is 245 Å². The quantitative estimate of drug-likeness (QED) is 0.206. The third-order valence-corrected chi connectivity index (χ3v) is 8.39. The molecule has 0 bridgehead atoms. The lowest BCUT2D eigenvalue weighted by Crippen LogP contribution is -2.28. The van der Waals surface area contributed by atoms with Crippen molar-refractivity contribution in [3.8, 4) is 11.1 Å². The van der Waals surface area contributed by atoms with Gasteiger partial charge in [0.25, 0.3) is 0 Å². The topological polar surface area (TPSA) is 3.24 Å². The zero-order valence-corrected chi connectivity index (χ0v) is 23.5. The number of rotatable bonds is 5. The third kappa shape index (κ3) is 3.96. The highest BCUT2D eigenvalue weighted by molar-refractivity contribution is 5.89. The summed E-state index contributed by atoms with van der Waals surface area (Å²) in [5, 5.41) is 0. The van der Waals surface area contributed by atoms with Crippen LogP contribution in [0, 0.1) is 25.5 Å². The predicted molar refractivity (Wildman–Crippen MR) is 168 cm³/mol. The molecule has 0 saturated carbocycles. The molecule has 0 saturated heterocycles. The molecule has 0 aromatic heterocycles. The van der Waals surface area contributed by atoms with E-state index in [1.165, 1.54) is 17.7 Å². The van der Waals surface area contributed by atoms with Gasteiger partial charge in [-0.3, -0.25) is 0 Å². The lowest BCUT2D eigenvalue weighted by molar-refractivity contribution is 0.618. The molecule has 204 valence electrons. The molecule has 0 amide bonds. The molecular formula is C39H29F2N. The number of anilines is 3. The van der Waals surface area contributed by atoms with Crippen LogP contribution in [-0.4, -0.2) is 0 Å². The molecule has 6 aromatic rings. The zero-order valence-electron chi connectivity index (χ0n) is 23.5. The number of hydrogen-bond acceptors (Lipinski definition) is 1. The minimum absolute atomic E-state index is 0.295. The van der Waals surface area contributed by atoms with E-state index in [1.54, 1.807) is 17.0 Å². The summed E-state index contributed by atoms with van der Waals surface area (Å²) >= 11 is 0. The van der Waals surface area contributed by atoms with E-state index in [0.29, 0.717) is 17.1 Å². The molecule has 0 aliphatic heterocycles. The first-order chi connectivity index (χ1) is 20.5. The molecule has 42 heavy (non-hydrogen) atoms. The monoisotopic (exact) mass is 549 g/mol. The second kappa shape index (κ2) is 10.1. The first kappa shape index (κ1) is 25.9. The number of nitrogens with zero attached hydrogens (tertiary/aromatic N) is 1. The van der Waals surface area contributed by atoms with Gasteiger partial charge in [0.2, 0.25) is 0 Å². The van der Waals surface area contributed by atoms with Crippen molar-refractivity contribution in [3.63, 3.8) is 0 Å². The molecule has 6 aromatic carbocycles. The summed E-state index contributed by atoms with van der Waals surface area (Å²) in [6.45, 7) is 3.70. The summed E-state index contributed by atoms with van der Waals surface area (Å²) in [4.78, 5) is 1.70. The van der Waals surface area contributed by atoms with E-state index in [2.05, 4.69) is 84.9 Å². The lowest BCUT2D eigenvalue weighted by Gasteiger charge is -2.35. The number of hydrogen-bond donors (Lipinski definition) is 0. The molecule has 0 fully saturated rings. The van der Waals surface area contributed by atoms with Crippen LogP contribution in [0.2, 0.25) is 0 Å². The minimum atomic E-state index is -0.617. The van der Waals surface area contributed by atoms with Gasteiger partial charge in [0, 0.05) is 5.69 Å². The van der Waals surface area contributed by atoms with Crippen molar-refractivity contribution >= 4 is 17.1 Å². The van der Waals surface area contributed by atoms with E-state index in [4.69, 9.17) is 0 Å². The van der Waals surface area contributed by atoms with Gasteiger partial charge in [-0.25, -0.2) is 8.78 Å². The Kier molecular flexibility index (Phi) is 6.24. The fourth-order valence-corrected chi connectivity index (χ4v) is 6.57. The van der Waals surface area contributed by atoms with Crippen LogP contribution in [0.4, 0.5) is 25.8 Å². The number of benzene rings is 6. The molecular weight excluding hydrogens is 520 g/mol. The second-order valence-corrected chi connectivity index (χ2v) is 11.0. The Morgan fingerprint density at radius 1 is 0.476 bits per heavy atom. The molecule has 0 spiro atoms. The summed E-state index contributed by atoms with van der Waals surface area (Å²) in [6.07, 6.45) is 0. The lowest BCUT2D eigenvalue weighted by atomic mass is 9.67. The van der Waals surface area contributed by atoms with Gasteiger partial charge >= 0.3 is 0 Å². The molecule has 1 aliphatic carbocycles. The predicted octanol–water partition coefficient (Wildman–Crippen LogP) is 10.4. The van der Waals surface area contributed by atoms with Gasteiger partial charge in [-0.1, -0.05) is 103 Å². The first-order valence-electron chi connectivity index (χ1n) is 14.2. The Balaban J connectivity index is 1.56. The van der Waals surface area contributed by atoms with Crippen molar-refractivity contribution in [1.29, 1.82) is 0 Å². The fourth-order valence-electron chi connectivity index (χ4n) is 6.57. The number of aryl methyl sites for hydroxylation is 2. The molecule has 0 unspecified atom stereocenters. The highest BCUT2D eigenvalue weighted by Crippen LogP contribution is 2.57. The maximum Gasteiger partial charge on any atom is 0.147 e. The molecule has 1 aliphatic rings. The van der Waals surface area contributed by atoms with Crippen molar-refractivity contribution in [3.05, 3.63) is 185 Å². The second-order valence-electron chi connectivity index (χ2n) is 11.0. The zero-order chi connectivity index (χ0) is 28.8. The Morgan fingerprint density at radius 3 is 1.52 bits per heavy atom. The average Bonchev–Trinajstić information content (AvgIpc) is 3.31. The van der Waals surface area contributed by atoms with Crippen molar-refractivity contribution in [1.82, 2.24) is 0 Å². The minimum Gasteiger partial charge on any atom is -0.305 e. The van der Waals surface area contributed by atoms with Crippen molar-refractivity contribution in [2.24, 2.45) is 0 Å². The normalized spacial score (nSPS) is 13.0. The first-order valence-corrected chi connectivity index (χ1v) is 14.2. The van der Waals surface area contributed by atoms with E-state index in [1.807, 2.05) is 44.2 Å². The van der Waals surface area contributed by atoms with E-state index in [0.717, 1.165) is 38.9 Å². The van der Waals surface area contributed by atoms with Gasteiger partial charge in [0.05, 0.1) is 16.8 Å². The van der Waals surface area contributed by atoms with Crippen molar-refractivity contribution in [2.45, 2.75) is 19.3 Å². The molecule has 0 heterocycles. The number of halogens is 2. The van der Waals surface area contributed by atoms with Crippen LogP contribution in [0.5, 0.6) is 0 Å².